The van der Waals surface area contributed by atoms with E-state index in [-0.39, 0.29) is 5.91 Å². The molecule has 0 saturated carbocycles. The highest BCUT2D eigenvalue weighted by molar-refractivity contribution is 7.99. The van der Waals surface area contributed by atoms with Crippen LogP contribution in [-0.2, 0) is 0 Å². The molecule has 0 atom stereocenters. The number of piperidine rings is 1. The van der Waals surface area contributed by atoms with Crippen molar-refractivity contribution in [3.05, 3.63) is 24.0 Å². The molecule has 4 nitrogen and oxygen atoms in total. The van der Waals surface area contributed by atoms with E-state index < -0.39 is 0 Å². The first-order chi connectivity index (χ1) is 9.86. The van der Waals surface area contributed by atoms with E-state index >= 15 is 0 Å². The fourth-order valence-electron chi connectivity index (χ4n) is 3.09. The Kier molecular flexibility index (Phi) is 4.68. The van der Waals surface area contributed by atoms with Gasteiger partial charge in [-0.1, -0.05) is 0 Å². The summed E-state index contributed by atoms with van der Waals surface area (Å²) in [6.45, 7) is 3.90. The number of thioether (sulfide) groups is 1. The fraction of sp³-hybridized carbons (Fsp3) is 0.667. The molecule has 20 heavy (non-hydrogen) atoms. The average molecular weight is 293 g/mol. The molecule has 0 unspecified atom stereocenters. The summed E-state index contributed by atoms with van der Waals surface area (Å²) < 4.78 is 2.21. The molecule has 0 radical (unpaired) electrons. The van der Waals surface area contributed by atoms with E-state index in [1.54, 1.807) is 0 Å². The smallest absolute Gasteiger partial charge is 0.270 e. The van der Waals surface area contributed by atoms with Crippen molar-refractivity contribution in [2.75, 3.05) is 37.7 Å². The Morgan fingerprint density at radius 1 is 1.25 bits per heavy atom. The van der Waals surface area contributed by atoms with Crippen molar-refractivity contribution in [3.8, 4) is 0 Å². The van der Waals surface area contributed by atoms with Crippen molar-refractivity contribution in [1.29, 1.82) is 0 Å². The van der Waals surface area contributed by atoms with Gasteiger partial charge in [-0.3, -0.25) is 4.79 Å². The van der Waals surface area contributed by atoms with Gasteiger partial charge in [0.15, 0.2) is 0 Å². The van der Waals surface area contributed by atoms with Crippen LogP contribution in [0.25, 0.3) is 0 Å². The van der Waals surface area contributed by atoms with Gasteiger partial charge in [-0.25, -0.2) is 0 Å². The minimum absolute atomic E-state index is 0.219. The number of carbonyl (C=O) groups excluding carboxylic acids is 1. The Morgan fingerprint density at radius 3 is 2.95 bits per heavy atom. The summed E-state index contributed by atoms with van der Waals surface area (Å²) in [5.41, 5.74) is 0.879. The van der Waals surface area contributed by atoms with E-state index in [4.69, 9.17) is 0 Å². The van der Waals surface area contributed by atoms with Gasteiger partial charge in [-0.2, -0.15) is 11.8 Å². The number of hydrogen-bond acceptors (Lipinski definition) is 3. The second kappa shape index (κ2) is 6.68. The molecule has 2 saturated heterocycles. The molecule has 2 aliphatic rings. The Labute approximate surface area is 124 Å². The van der Waals surface area contributed by atoms with Crippen LogP contribution in [0.15, 0.2) is 18.3 Å². The summed E-state index contributed by atoms with van der Waals surface area (Å²) >= 11 is 1.96. The van der Waals surface area contributed by atoms with Gasteiger partial charge in [0.25, 0.3) is 5.91 Å². The third-order valence-electron chi connectivity index (χ3n) is 4.21. The van der Waals surface area contributed by atoms with Crippen molar-refractivity contribution in [3.63, 3.8) is 0 Å². The molecule has 0 bridgehead atoms. The monoisotopic (exact) mass is 293 g/mol. The molecule has 1 amide bonds. The zero-order valence-electron chi connectivity index (χ0n) is 11.9. The Bertz CT molecular complexity index is 446. The molecule has 2 aliphatic heterocycles. The molecule has 3 rings (SSSR count). The van der Waals surface area contributed by atoms with E-state index in [1.807, 2.05) is 28.8 Å². The van der Waals surface area contributed by atoms with Crippen molar-refractivity contribution in [2.45, 2.75) is 25.3 Å². The van der Waals surface area contributed by atoms with Gasteiger partial charge >= 0.3 is 0 Å². The first-order valence-corrected chi connectivity index (χ1v) is 8.76. The second-order valence-electron chi connectivity index (χ2n) is 5.54. The third kappa shape index (κ3) is 3.04. The Morgan fingerprint density at radius 2 is 2.10 bits per heavy atom. The lowest BCUT2D eigenvalue weighted by molar-refractivity contribution is 0.0754. The molecule has 110 valence electrons. The number of nitrogens with one attached hydrogen (secondary N) is 1. The highest BCUT2D eigenvalue weighted by Gasteiger charge is 2.23. The second-order valence-corrected chi connectivity index (χ2v) is 6.76. The number of carbonyl (C=O) groups is 1. The molecule has 0 aromatic carbocycles. The number of aromatic nitrogens is 1. The molecular formula is C15H23N3OS. The molecule has 1 aromatic rings. The highest BCUT2D eigenvalue weighted by Crippen LogP contribution is 2.22. The first-order valence-electron chi connectivity index (χ1n) is 7.61. The van der Waals surface area contributed by atoms with E-state index in [2.05, 4.69) is 16.1 Å². The fourth-order valence-corrected chi connectivity index (χ4v) is 3.98. The summed E-state index contributed by atoms with van der Waals surface area (Å²) in [5.74, 6) is 2.47. The topological polar surface area (TPSA) is 37.3 Å². The summed E-state index contributed by atoms with van der Waals surface area (Å²) in [7, 11) is 0. The summed E-state index contributed by atoms with van der Waals surface area (Å²) in [5, 5.41) is 3.39. The maximum absolute atomic E-state index is 12.8. The van der Waals surface area contributed by atoms with Crippen LogP contribution in [-0.4, -0.2) is 53.1 Å². The van der Waals surface area contributed by atoms with E-state index in [9.17, 15) is 4.79 Å². The number of nitrogens with zero attached hydrogens (tertiary/aromatic N) is 2. The number of amides is 1. The Hall–Kier alpha value is -0.940. The van der Waals surface area contributed by atoms with Crippen molar-refractivity contribution < 1.29 is 4.79 Å². The predicted molar refractivity (Wildman–Crippen MR) is 83.4 cm³/mol. The van der Waals surface area contributed by atoms with Crippen LogP contribution in [0.5, 0.6) is 0 Å². The maximum atomic E-state index is 12.8. The van der Waals surface area contributed by atoms with E-state index in [0.29, 0.717) is 6.04 Å². The normalized spacial score (nSPS) is 21.7. The van der Waals surface area contributed by atoms with Crippen LogP contribution in [0.2, 0.25) is 0 Å². The quantitative estimate of drug-likeness (QED) is 0.906. The molecule has 0 spiro atoms. The maximum Gasteiger partial charge on any atom is 0.270 e. The molecule has 2 fully saturated rings. The van der Waals surface area contributed by atoms with Gasteiger partial charge in [0.2, 0.25) is 0 Å². The van der Waals surface area contributed by atoms with Gasteiger partial charge in [0, 0.05) is 31.1 Å². The summed E-state index contributed by atoms with van der Waals surface area (Å²) in [6, 6.07) is 4.48. The van der Waals surface area contributed by atoms with Gasteiger partial charge in [0.1, 0.15) is 5.69 Å². The zero-order valence-corrected chi connectivity index (χ0v) is 12.7. The molecule has 1 aromatic heterocycles. The van der Waals surface area contributed by atoms with Crippen molar-refractivity contribution in [1.82, 2.24) is 14.8 Å². The SMILES string of the molecule is O=C(c1cccn1C1CCNCC1)N1CCCSCC1. The van der Waals surface area contributed by atoms with Crippen molar-refractivity contribution in [2.24, 2.45) is 0 Å². The molecular weight excluding hydrogens is 270 g/mol. The largest absolute Gasteiger partial charge is 0.340 e. The molecule has 3 heterocycles. The Balaban J connectivity index is 1.75. The van der Waals surface area contributed by atoms with Crippen LogP contribution in [0, 0.1) is 0 Å². The van der Waals surface area contributed by atoms with Gasteiger partial charge in [0.05, 0.1) is 0 Å². The molecule has 5 heteroatoms. The van der Waals surface area contributed by atoms with Gasteiger partial charge < -0.3 is 14.8 Å². The van der Waals surface area contributed by atoms with E-state index in [1.165, 1.54) is 5.75 Å². The van der Waals surface area contributed by atoms with Crippen molar-refractivity contribution >= 4 is 17.7 Å². The van der Waals surface area contributed by atoms with Crippen LogP contribution in [0.4, 0.5) is 0 Å². The van der Waals surface area contributed by atoms with Crippen LogP contribution >= 0.6 is 11.8 Å². The minimum atomic E-state index is 0.219. The lowest BCUT2D eigenvalue weighted by Gasteiger charge is -2.27. The van der Waals surface area contributed by atoms with Crippen LogP contribution in [0.3, 0.4) is 0 Å². The van der Waals surface area contributed by atoms with Gasteiger partial charge in [-0.15, -0.1) is 0 Å². The molecule has 0 aliphatic carbocycles. The van der Waals surface area contributed by atoms with Crippen LogP contribution < -0.4 is 5.32 Å². The molecule has 1 N–H and O–H groups in total. The number of hydrogen-bond donors (Lipinski definition) is 1. The zero-order chi connectivity index (χ0) is 13.8. The lowest BCUT2D eigenvalue weighted by Crippen LogP contribution is -2.36. The first kappa shape index (κ1) is 14.0. The third-order valence-corrected chi connectivity index (χ3v) is 5.26. The highest BCUT2D eigenvalue weighted by atomic mass is 32.2. The predicted octanol–water partition coefficient (Wildman–Crippen LogP) is 1.99. The summed E-state index contributed by atoms with van der Waals surface area (Å²) in [6.07, 6.45) is 5.43. The average Bonchev–Trinajstić information content (AvgIpc) is 2.82. The number of rotatable bonds is 2. The minimum Gasteiger partial charge on any atom is -0.340 e. The van der Waals surface area contributed by atoms with E-state index in [0.717, 1.165) is 56.9 Å². The van der Waals surface area contributed by atoms with Crippen LogP contribution in [0.1, 0.15) is 35.8 Å². The lowest BCUT2D eigenvalue weighted by atomic mass is 10.1. The standard InChI is InChI=1S/C15H23N3OS/c19-15(17-8-2-11-20-12-10-17)14-3-1-9-18(14)13-4-6-16-7-5-13/h1,3,9,13,16H,2,4-8,10-12H2. The summed E-state index contributed by atoms with van der Waals surface area (Å²) in [4.78, 5) is 14.8. The van der Waals surface area contributed by atoms with Gasteiger partial charge in [-0.05, 0) is 50.2 Å².